The van der Waals surface area contributed by atoms with Gasteiger partial charge >= 0.3 is 0 Å². The average molecular weight is 302 g/mol. The summed E-state index contributed by atoms with van der Waals surface area (Å²) in [6.45, 7) is 7.50. The molecule has 2 heteroatoms. The minimum absolute atomic E-state index is 0.244. The van der Waals surface area contributed by atoms with E-state index in [9.17, 15) is 0 Å². The van der Waals surface area contributed by atoms with Crippen molar-refractivity contribution in [1.82, 2.24) is 5.32 Å². The van der Waals surface area contributed by atoms with E-state index in [2.05, 4.69) is 56.4 Å². The van der Waals surface area contributed by atoms with Crippen molar-refractivity contribution in [1.29, 1.82) is 0 Å². The van der Waals surface area contributed by atoms with Gasteiger partial charge in [0.2, 0.25) is 0 Å². The van der Waals surface area contributed by atoms with Gasteiger partial charge < -0.3 is 5.32 Å². The number of hydrogen-bond donors (Lipinski definition) is 1. The Morgan fingerprint density at radius 1 is 0.905 bits per heavy atom. The van der Waals surface area contributed by atoms with Gasteiger partial charge in [0, 0.05) is 17.6 Å². The molecule has 0 saturated heterocycles. The number of nitrogens with one attached hydrogen (secondary N) is 1. The Morgan fingerprint density at radius 3 is 2.14 bits per heavy atom. The van der Waals surface area contributed by atoms with Crippen LogP contribution in [0.3, 0.4) is 0 Å². The Bertz CT molecular complexity index is 560. The molecule has 0 spiro atoms. The smallest absolute Gasteiger partial charge is 0.0453 e. The molecule has 0 radical (unpaired) electrons. The fraction of sp³-hybridized carbons (Fsp3) is 0.368. The lowest BCUT2D eigenvalue weighted by Crippen LogP contribution is -2.18. The molecule has 0 aliphatic carbocycles. The van der Waals surface area contributed by atoms with E-state index < -0.39 is 0 Å². The van der Waals surface area contributed by atoms with Gasteiger partial charge in [0.15, 0.2) is 0 Å². The lowest BCUT2D eigenvalue weighted by molar-refractivity contribution is 0.574. The van der Waals surface area contributed by atoms with Gasteiger partial charge in [-0.3, -0.25) is 0 Å². The van der Waals surface area contributed by atoms with Crippen molar-refractivity contribution >= 4 is 11.6 Å². The molecular weight excluding hydrogens is 278 g/mol. The summed E-state index contributed by atoms with van der Waals surface area (Å²) < 4.78 is 0. The van der Waals surface area contributed by atoms with Crippen LogP contribution in [0.5, 0.6) is 0 Å². The number of rotatable bonds is 6. The van der Waals surface area contributed by atoms with Crippen molar-refractivity contribution in [2.45, 2.75) is 39.8 Å². The molecule has 0 unspecified atom stereocenters. The molecule has 0 aliphatic rings. The first-order chi connectivity index (χ1) is 10.1. The molecule has 21 heavy (non-hydrogen) atoms. The van der Waals surface area contributed by atoms with Crippen LogP contribution in [-0.4, -0.2) is 0 Å². The van der Waals surface area contributed by atoms with E-state index in [0.717, 1.165) is 23.6 Å². The summed E-state index contributed by atoms with van der Waals surface area (Å²) in [6, 6.07) is 17.1. The van der Waals surface area contributed by atoms with Gasteiger partial charge in [-0.2, -0.15) is 0 Å². The second-order valence-electron chi connectivity index (χ2n) is 6.04. The Kier molecular flexibility index (Phi) is 5.84. The quantitative estimate of drug-likeness (QED) is 0.754. The monoisotopic (exact) mass is 301 g/mol. The number of hydrogen-bond acceptors (Lipinski definition) is 1. The minimum Gasteiger partial charge on any atom is -0.306 e. The first kappa shape index (κ1) is 16.1. The van der Waals surface area contributed by atoms with Crippen LogP contribution in [0.1, 0.15) is 43.5 Å². The molecule has 0 heterocycles. The van der Waals surface area contributed by atoms with Gasteiger partial charge in [0.25, 0.3) is 0 Å². The molecule has 0 amide bonds. The summed E-state index contributed by atoms with van der Waals surface area (Å²) >= 11 is 6.23. The predicted molar refractivity (Wildman–Crippen MR) is 91.7 cm³/mol. The molecule has 0 bridgehead atoms. The van der Waals surface area contributed by atoms with E-state index in [1.54, 1.807) is 0 Å². The largest absolute Gasteiger partial charge is 0.306 e. The molecule has 2 rings (SSSR count). The van der Waals surface area contributed by atoms with Crippen LogP contribution in [-0.2, 0) is 13.0 Å². The van der Waals surface area contributed by atoms with Gasteiger partial charge in [0.05, 0.1) is 0 Å². The summed E-state index contributed by atoms with van der Waals surface area (Å²) in [6.07, 6.45) is 1.14. The second kappa shape index (κ2) is 7.63. The van der Waals surface area contributed by atoms with E-state index in [1.165, 1.54) is 11.1 Å². The SMILES string of the molecule is CC(C)Cc1ccc(CN[C@H](C)c2ccccc2Cl)cc1. The van der Waals surface area contributed by atoms with Crippen LogP contribution in [0.15, 0.2) is 48.5 Å². The van der Waals surface area contributed by atoms with Crippen LogP contribution < -0.4 is 5.32 Å². The zero-order valence-electron chi connectivity index (χ0n) is 13.1. The topological polar surface area (TPSA) is 12.0 Å². The van der Waals surface area contributed by atoms with E-state index in [1.807, 2.05) is 18.2 Å². The van der Waals surface area contributed by atoms with Crippen molar-refractivity contribution in [3.63, 3.8) is 0 Å². The first-order valence-corrected chi connectivity index (χ1v) is 7.99. The second-order valence-corrected chi connectivity index (χ2v) is 6.45. The Balaban J connectivity index is 1.92. The van der Waals surface area contributed by atoms with E-state index in [0.29, 0.717) is 5.92 Å². The Morgan fingerprint density at radius 2 is 1.52 bits per heavy atom. The third-order valence-corrected chi connectivity index (χ3v) is 4.00. The zero-order chi connectivity index (χ0) is 15.2. The molecule has 1 N–H and O–H groups in total. The standard InChI is InChI=1S/C19H24ClN/c1-14(2)12-16-8-10-17(11-9-16)13-21-15(3)18-6-4-5-7-19(18)20/h4-11,14-15,21H,12-13H2,1-3H3/t15-/m1/s1. The molecule has 112 valence electrons. The highest BCUT2D eigenvalue weighted by molar-refractivity contribution is 6.31. The Hall–Kier alpha value is -1.31. The van der Waals surface area contributed by atoms with Gasteiger partial charge in [-0.05, 0) is 42.0 Å². The van der Waals surface area contributed by atoms with Crippen LogP contribution in [0, 0.1) is 5.92 Å². The fourth-order valence-electron chi connectivity index (χ4n) is 2.47. The summed E-state index contributed by atoms with van der Waals surface area (Å²) in [5.74, 6) is 0.703. The third-order valence-electron chi connectivity index (χ3n) is 3.65. The van der Waals surface area contributed by atoms with Gasteiger partial charge in [0.1, 0.15) is 0 Å². The van der Waals surface area contributed by atoms with Crippen molar-refractivity contribution in [2.24, 2.45) is 5.92 Å². The van der Waals surface area contributed by atoms with Gasteiger partial charge in [-0.1, -0.05) is 67.9 Å². The highest BCUT2D eigenvalue weighted by Gasteiger charge is 2.08. The maximum absolute atomic E-state index is 6.23. The van der Waals surface area contributed by atoms with Gasteiger partial charge in [-0.25, -0.2) is 0 Å². The highest BCUT2D eigenvalue weighted by atomic mass is 35.5. The highest BCUT2D eigenvalue weighted by Crippen LogP contribution is 2.22. The summed E-state index contributed by atoms with van der Waals surface area (Å²) in [5, 5.41) is 4.36. The maximum Gasteiger partial charge on any atom is 0.0453 e. The molecule has 0 saturated carbocycles. The molecule has 1 atom stereocenters. The molecule has 0 aromatic heterocycles. The summed E-state index contributed by atoms with van der Waals surface area (Å²) in [5.41, 5.74) is 3.87. The third kappa shape index (κ3) is 4.87. The van der Waals surface area contributed by atoms with Crippen LogP contribution >= 0.6 is 11.6 Å². The fourth-order valence-corrected chi connectivity index (χ4v) is 2.77. The average Bonchev–Trinajstić information content (AvgIpc) is 2.46. The van der Waals surface area contributed by atoms with Crippen molar-refractivity contribution in [3.05, 3.63) is 70.2 Å². The normalized spacial score (nSPS) is 12.6. The van der Waals surface area contributed by atoms with Crippen molar-refractivity contribution in [2.75, 3.05) is 0 Å². The zero-order valence-corrected chi connectivity index (χ0v) is 13.8. The van der Waals surface area contributed by atoms with E-state index >= 15 is 0 Å². The van der Waals surface area contributed by atoms with Crippen LogP contribution in [0.2, 0.25) is 5.02 Å². The number of benzene rings is 2. The van der Waals surface area contributed by atoms with Crippen LogP contribution in [0.4, 0.5) is 0 Å². The maximum atomic E-state index is 6.23. The van der Waals surface area contributed by atoms with Crippen molar-refractivity contribution < 1.29 is 0 Å². The summed E-state index contributed by atoms with van der Waals surface area (Å²) in [7, 11) is 0. The molecule has 2 aromatic carbocycles. The molecule has 0 fully saturated rings. The lowest BCUT2D eigenvalue weighted by Gasteiger charge is -2.16. The number of halogens is 1. The van der Waals surface area contributed by atoms with E-state index in [4.69, 9.17) is 11.6 Å². The minimum atomic E-state index is 0.244. The molecule has 2 aromatic rings. The van der Waals surface area contributed by atoms with E-state index in [-0.39, 0.29) is 6.04 Å². The van der Waals surface area contributed by atoms with Crippen LogP contribution in [0.25, 0.3) is 0 Å². The molecular formula is C19H24ClN. The van der Waals surface area contributed by atoms with Crippen molar-refractivity contribution in [3.8, 4) is 0 Å². The first-order valence-electron chi connectivity index (χ1n) is 7.62. The molecule has 1 nitrogen and oxygen atoms in total. The molecule has 0 aliphatic heterocycles. The lowest BCUT2D eigenvalue weighted by atomic mass is 10.0. The summed E-state index contributed by atoms with van der Waals surface area (Å²) in [4.78, 5) is 0. The van der Waals surface area contributed by atoms with Gasteiger partial charge in [-0.15, -0.1) is 0 Å². The Labute approximate surface area is 133 Å². The predicted octanol–water partition coefficient (Wildman–Crippen LogP) is 5.39.